The Hall–Kier alpha value is -3.77. The monoisotopic (exact) mass is 440 g/mol. The lowest BCUT2D eigenvalue weighted by Gasteiger charge is -2.29. The van der Waals surface area contributed by atoms with Crippen LogP contribution in [0.15, 0.2) is 66.4 Å². The Morgan fingerprint density at radius 3 is 2.70 bits per heavy atom. The van der Waals surface area contributed by atoms with E-state index in [1.165, 1.54) is 16.7 Å². The van der Waals surface area contributed by atoms with Crippen molar-refractivity contribution < 1.29 is 9.53 Å². The molecule has 168 valence electrons. The molecular formula is C27H28N4O2. The van der Waals surface area contributed by atoms with Crippen LogP contribution in [0.2, 0.25) is 0 Å². The van der Waals surface area contributed by atoms with Crippen LogP contribution < -0.4 is 21.1 Å². The first-order valence-electron chi connectivity index (χ1n) is 11.2. The molecule has 4 N–H and O–H groups in total. The van der Waals surface area contributed by atoms with E-state index in [1.54, 1.807) is 13.2 Å². The molecule has 6 nitrogen and oxygen atoms in total. The minimum atomic E-state index is -0.111. The number of carbonyl (C=O) groups is 1. The van der Waals surface area contributed by atoms with E-state index in [0.717, 1.165) is 54.4 Å². The number of allylic oxidation sites excluding steroid dienone is 1. The molecule has 2 aliphatic rings. The number of nitrogens with two attached hydrogens (primary N) is 1. The van der Waals surface area contributed by atoms with Crippen LogP contribution in [0, 0.1) is 0 Å². The number of nitrogen functional groups attached to an aromatic ring is 1. The van der Waals surface area contributed by atoms with Crippen molar-refractivity contribution in [2.45, 2.75) is 26.4 Å². The number of ether oxygens (including phenoxy) is 1. The van der Waals surface area contributed by atoms with Crippen LogP contribution in [-0.4, -0.2) is 24.5 Å². The van der Waals surface area contributed by atoms with Crippen molar-refractivity contribution in [2.24, 2.45) is 0 Å². The van der Waals surface area contributed by atoms with Gasteiger partial charge in [0.15, 0.2) is 0 Å². The number of anilines is 3. The zero-order valence-corrected chi connectivity index (χ0v) is 18.9. The fourth-order valence-electron chi connectivity index (χ4n) is 4.64. The largest absolute Gasteiger partial charge is 0.497 e. The highest BCUT2D eigenvalue weighted by atomic mass is 16.5. The maximum atomic E-state index is 12.5. The van der Waals surface area contributed by atoms with Crippen LogP contribution in [0.4, 0.5) is 17.1 Å². The van der Waals surface area contributed by atoms with Gasteiger partial charge in [-0.1, -0.05) is 18.2 Å². The maximum absolute atomic E-state index is 12.5. The zero-order valence-electron chi connectivity index (χ0n) is 18.9. The predicted molar refractivity (Wildman–Crippen MR) is 133 cm³/mol. The number of nitrogens with zero attached hydrogens (tertiary/aromatic N) is 1. The Morgan fingerprint density at radius 1 is 1.09 bits per heavy atom. The molecular weight excluding hydrogens is 412 g/mol. The molecule has 0 spiro atoms. The van der Waals surface area contributed by atoms with Crippen LogP contribution in [0.1, 0.15) is 29.2 Å². The third-order valence-corrected chi connectivity index (χ3v) is 6.36. The number of hydrogen-bond acceptors (Lipinski definition) is 5. The second-order valence-electron chi connectivity index (χ2n) is 8.68. The van der Waals surface area contributed by atoms with E-state index in [1.807, 2.05) is 25.1 Å². The smallest absolute Gasteiger partial charge is 0.258 e. The van der Waals surface area contributed by atoms with Gasteiger partial charge in [-0.3, -0.25) is 9.69 Å². The van der Waals surface area contributed by atoms with Gasteiger partial charge in [0.2, 0.25) is 0 Å². The van der Waals surface area contributed by atoms with Crippen molar-refractivity contribution >= 4 is 28.5 Å². The predicted octanol–water partition coefficient (Wildman–Crippen LogP) is 4.63. The first kappa shape index (κ1) is 21.1. The number of benzene rings is 3. The standard InChI is InChI=1S/C27H28N4O2/c1-17(26-24-14-21(28)6-10-25(24)30-27(26)32)29-22-7-3-18(4-8-22)15-31-12-11-19-13-23(33-2)9-5-20(19)16-31/h3-10,13-14,29H,11-12,15-16,28H2,1-2H3,(H,30,32)/b26-17-. The van der Waals surface area contributed by atoms with Crippen LogP contribution in [0.3, 0.4) is 0 Å². The van der Waals surface area contributed by atoms with Crippen LogP contribution in [-0.2, 0) is 24.3 Å². The van der Waals surface area contributed by atoms with Gasteiger partial charge in [0.05, 0.1) is 12.7 Å². The molecule has 2 aliphatic heterocycles. The van der Waals surface area contributed by atoms with Gasteiger partial charge in [0, 0.05) is 48.0 Å². The normalized spacial score (nSPS) is 16.6. The summed E-state index contributed by atoms with van der Waals surface area (Å²) >= 11 is 0. The van der Waals surface area contributed by atoms with Crippen LogP contribution >= 0.6 is 0 Å². The molecule has 3 aromatic rings. The summed E-state index contributed by atoms with van der Waals surface area (Å²) in [5, 5.41) is 6.29. The molecule has 0 aliphatic carbocycles. The van der Waals surface area contributed by atoms with Crippen molar-refractivity contribution in [3.63, 3.8) is 0 Å². The first-order valence-corrected chi connectivity index (χ1v) is 11.2. The number of methoxy groups -OCH3 is 1. The van der Waals surface area contributed by atoms with Crippen LogP contribution in [0.5, 0.6) is 5.75 Å². The average molecular weight is 441 g/mol. The third-order valence-electron chi connectivity index (χ3n) is 6.36. The van der Waals surface area contributed by atoms with E-state index in [-0.39, 0.29) is 5.91 Å². The van der Waals surface area contributed by atoms with E-state index >= 15 is 0 Å². The zero-order chi connectivity index (χ0) is 22.9. The fraction of sp³-hybridized carbons (Fsp3) is 0.222. The molecule has 0 saturated carbocycles. The molecule has 6 heteroatoms. The fourth-order valence-corrected chi connectivity index (χ4v) is 4.64. The van der Waals surface area contributed by atoms with Gasteiger partial charge in [0.25, 0.3) is 5.91 Å². The molecule has 0 atom stereocenters. The second kappa shape index (κ2) is 8.64. The molecule has 0 bridgehead atoms. The summed E-state index contributed by atoms with van der Waals surface area (Å²) in [6, 6.07) is 20.3. The maximum Gasteiger partial charge on any atom is 0.258 e. The molecule has 0 aromatic heterocycles. The minimum Gasteiger partial charge on any atom is -0.497 e. The Kier molecular flexibility index (Phi) is 5.52. The second-order valence-corrected chi connectivity index (χ2v) is 8.68. The van der Waals surface area contributed by atoms with Crippen molar-refractivity contribution in [2.75, 3.05) is 30.0 Å². The van der Waals surface area contributed by atoms with E-state index in [9.17, 15) is 4.79 Å². The molecule has 0 unspecified atom stereocenters. The van der Waals surface area contributed by atoms with Crippen molar-refractivity contribution in [3.8, 4) is 5.75 Å². The van der Waals surface area contributed by atoms with E-state index in [0.29, 0.717) is 11.3 Å². The highest BCUT2D eigenvalue weighted by Crippen LogP contribution is 2.35. The van der Waals surface area contributed by atoms with E-state index in [2.05, 4.69) is 51.9 Å². The van der Waals surface area contributed by atoms with Gasteiger partial charge >= 0.3 is 0 Å². The number of fused-ring (bicyclic) bond motifs is 2. The third kappa shape index (κ3) is 4.30. The molecule has 3 aromatic carbocycles. The Morgan fingerprint density at radius 2 is 1.91 bits per heavy atom. The van der Waals surface area contributed by atoms with E-state index < -0.39 is 0 Å². The number of amides is 1. The molecule has 0 fully saturated rings. The molecule has 33 heavy (non-hydrogen) atoms. The summed E-state index contributed by atoms with van der Waals surface area (Å²) in [7, 11) is 1.71. The lowest BCUT2D eigenvalue weighted by molar-refractivity contribution is -0.110. The SMILES string of the molecule is COc1ccc2c(c1)CCN(Cc1ccc(N/C(C)=C3\C(=O)Nc4ccc(N)cc43)cc1)C2. The Labute approximate surface area is 194 Å². The van der Waals surface area contributed by atoms with Gasteiger partial charge in [0.1, 0.15) is 5.75 Å². The average Bonchev–Trinajstić information content (AvgIpc) is 3.15. The van der Waals surface area contributed by atoms with Crippen molar-refractivity contribution in [1.29, 1.82) is 0 Å². The molecule has 1 amide bonds. The topological polar surface area (TPSA) is 79.6 Å². The van der Waals surface area contributed by atoms with Gasteiger partial charge in [-0.15, -0.1) is 0 Å². The van der Waals surface area contributed by atoms with Crippen LogP contribution in [0.25, 0.3) is 5.57 Å². The quantitative estimate of drug-likeness (QED) is 0.398. The Balaban J connectivity index is 1.26. The van der Waals surface area contributed by atoms with Gasteiger partial charge in [-0.05, 0) is 72.5 Å². The lowest BCUT2D eigenvalue weighted by Crippen LogP contribution is -2.30. The summed E-state index contributed by atoms with van der Waals surface area (Å²) < 4.78 is 5.35. The van der Waals surface area contributed by atoms with Gasteiger partial charge in [-0.25, -0.2) is 0 Å². The number of hydrogen-bond donors (Lipinski definition) is 3. The van der Waals surface area contributed by atoms with Gasteiger partial charge in [-0.2, -0.15) is 0 Å². The summed E-state index contributed by atoms with van der Waals surface area (Å²) in [5.74, 6) is 0.817. The molecule has 0 radical (unpaired) electrons. The lowest BCUT2D eigenvalue weighted by atomic mass is 9.99. The summed E-state index contributed by atoms with van der Waals surface area (Å²) in [6.07, 6.45) is 1.03. The highest BCUT2D eigenvalue weighted by Gasteiger charge is 2.26. The number of rotatable bonds is 5. The number of nitrogens with one attached hydrogen (secondary N) is 2. The number of carbonyl (C=O) groups excluding carboxylic acids is 1. The minimum absolute atomic E-state index is 0.111. The van der Waals surface area contributed by atoms with Gasteiger partial charge < -0.3 is 21.1 Å². The van der Waals surface area contributed by atoms with Crippen molar-refractivity contribution in [3.05, 3.63) is 88.6 Å². The van der Waals surface area contributed by atoms with Crippen molar-refractivity contribution in [1.82, 2.24) is 4.90 Å². The van der Waals surface area contributed by atoms with E-state index in [4.69, 9.17) is 10.5 Å². The molecule has 2 heterocycles. The first-order chi connectivity index (χ1) is 16.0. The highest BCUT2D eigenvalue weighted by molar-refractivity contribution is 6.32. The molecule has 5 rings (SSSR count). The summed E-state index contributed by atoms with van der Waals surface area (Å²) in [4.78, 5) is 15.0. The summed E-state index contributed by atoms with van der Waals surface area (Å²) in [6.45, 7) is 4.80. The molecule has 0 saturated heterocycles. The Bertz CT molecular complexity index is 1250. The summed E-state index contributed by atoms with van der Waals surface area (Å²) in [5.41, 5.74) is 14.6.